The minimum absolute atomic E-state index is 0.165. The van der Waals surface area contributed by atoms with Gasteiger partial charge in [-0.3, -0.25) is 9.78 Å². The Morgan fingerprint density at radius 1 is 1.22 bits per heavy atom. The largest absolute Gasteiger partial charge is 0.378 e. The predicted molar refractivity (Wildman–Crippen MR) is 108 cm³/mol. The van der Waals surface area contributed by atoms with Gasteiger partial charge in [0.15, 0.2) is 0 Å². The number of rotatable bonds is 7. The monoisotopic (exact) mass is 369 g/mol. The number of nitrogens with zero attached hydrogens (tertiary/aromatic N) is 3. The van der Waals surface area contributed by atoms with Gasteiger partial charge in [0.2, 0.25) is 0 Å². The minimum atomic E-state index is -0.165. The molecular formula is C20H27N5O2. The minimum Gasteiger partial charge on any atom is -0.378 e. The molecule has 27 heavy (non-hydrogen) atoms. The van der Waals surface area contributed by atoms with Crippen LogP contribution in [0.2, 0.25) is 0 Å². The van der Waals surface area contributed by atoms with E-state index in [4.69, 9.17) is 4.74 Å². The number of hydrogen-bond donors (Lipinski definition) is 2. The number of nitrogens with one attached hydrogen (secondary N) is 2. The zero-order chi connectivity index (χ0) is 19.1. The summed E-state index contributed by atoms with van der Waals surface area (Å²) in [5, 5.41) is 6.32. The number of morpholine rings is 1. The van der Waals surface area contributed by atoms with Gasteiger partial charge >= 0.3 is 0 Å². The lowest BCUT2D eigenvalue weighted by Crippen LogP contribution is -2.36. The summed E-state index contributed by atoms with van der Waals surface area (Å²) in [6, 6.07) is 11.8. The van der Waals surface area contributed by atoms with Crippen molar-refractivity contribution < 1.29 is 9.53 Å². The van der Waals surface area contributed by atoms with E-state index in [9.17, 15) is 4.79 Å². The second kappa shape index (κ2) is 9.34. The van der Waals surface area contributed by atoms with Gasteiger partial charge in [-0.2, -0.15) is 0 Å². The summed E-state index contributed by atoms with van der Waals surface area (Å²) in [6.07, 6.45) is 1.65. The number of benzene rings is 1. The number of carbonyl (C=O) groups is 1. The van der Waals surface area contributed by atoms with E-state index >= 15 is 0 Å². The van der Waals surface area contributed by atoms with Gasteiger partial charge in [-0.1, -0.05) is 12.1 Å². The van der Waals surface area contributed by atoms with Crippen LogP contribution < -0.4 is 15.5 Å². The Labute approximate surface area is 160 Å². The summed E-state index contributed by atoms with van der Waals surface area (Å²) in [7, 11) is 3.95. The molecule has 1 aromatic carbocycles. The molecule has 1 aliphatic heterocycles. The number of para-hydroxylation sites is 2. The molecule has 144 valence electrons. The van der Waals surface area contributed by atoms with Gasteiger partial charge in [-0.05, 0) is 38.4 Å². The van der Waals surface area contributed by atoms with Crippen molar-refractivity contribution in [2.75, 3.05) is 63.7 Å². The summed E-state index contributed by atoms with van der Waals surface area (Å²) in [6.45, 7) is 4.59. The number of carbonyl (C=O) groups excluding carboxylic acids is 1. The Bertz CT molecular complexity index is 760. The van der Waals surface area contributed by atoms with Crippen LogP contribution >= 0.6 is 0 Å². The maximum absolute atomic E-state index is 12.3. The Hall–Kier alpha value is -2.64. The summed E-state index contributed by atoms with van der Waals surface area (Å²) in [5.41, 5.74) is 3.38. The Balaban J connectivity index is 1.70. The highest BCUT2D eigenvalue weighted by Gasteiger charge is 2.15. The Kier molecular flexibility index (Phi) is 6.62. The molecule has 1 aliphatic rings. The number of amides is 1. The highest BCUT2D eigenvalue weighted by Crippen LogP contribution is 2.29. The van der Waals surface area contributed by atoms with Gasteiger partial charge in [0.05, 0.1) is 24.6 Å². The van der Waals surface area contributed by atoms with E-state index < -0.39 is 0 Å². The fourth-order valence-corrected chi connectivity index (χ4v) is 2.93. The van der Waals surface area contributed by atoms with Crippen molar-refractivity contribution in [1.29, 1.82) is 0 Å². The number of anilines is 3. The first-order valence-corrected chi connectivity index (χ1v) is 9.21. The van der Waals surface area contributed by atoms with Gasteiger partial charge in [0.1, 0.15) is 5.69 Å². The molecule has 1 aromatic heterocycles. The van der Waals surface area contributed by atoms with E-state index in [0.29, 0.717) is 12.2 Å². The van der Waals surface area contributed by atoms with Crippen LogP contribution in [-0.2, 0) is 4.74 Å². The molecule has 0 atom stereocenters. The molecule has 1 fully saturated rings. The average molecular weight is 369 g/mol. The smallest absolute Gasteiger partial charge is 0.269 e. The van der Waals surface area contributed by atoms with E-state index in [-0.39, 0.29) is 5.91 Å². The van der Waals surface area contributed by atoms with E-state index in [0.717, 1.165) is 49.9 Å². The van der Waals surface area contributed by atoms with Crippen LogP contribution in [0.25, 0.3) is 0 Å². The molecule has 0 spiro atoms. The molecule has 0 saturated carbocycles. The summed E-state index contributed by atoms with van der Waals surface area (Å²) >= 11 is 0. The quantitative estimate of drug-likeness (QED) is 0.778. The van der Waals surface area contributed by atoms with E-state index in [1.54, 1.807) is 12.3 Å². The molecule has 0 unspecified atom stereocenters. The Morgan fingerprint density at radius 3 is 2.78 bits per heavy atom. The standard InChI is InChI=1S/C20H27N5O2/c1-24(2)10-9-22-20(26)18-15-16(7-8-21-18)23-17-5-3-4-6-19(17)25-11-13-27-14-12-25/h3-8,15H,9-14H2,1-2H3,(H,21,23)(H,22,26). The van der Waals surface area contributed by atoms with Crippen molar-refractivity contribution >= 4 is 23.0 Å². The van der Waals surface area contributed by atoms with E-state index in [2.05, 4.69) is 26.6 Å². The van der Waals surface area contributed by atoms with Gasteiger partial charge < -0.3 is 25.2 Å². The zero-order valence-corrected chi connectivity index (χ0v) is 15.9. The van der Waals surface area contributed by atoms with Crippen molar-refractivity contribution in [3.8, 4) is 0 Å². The summed E-state index contributed by atoms with van der Waals surface area (Å²) in [5.74, 6) is -0.165. The predicted octanol–water partition coefficient (Wildman–Crippen LogP) is 1.95. The van der Waals surface area contributed by atoms with Gasteiger partial charge in [0.25, 0.3) is 5.91 Å². The average Bonchev–Trinajstić information content (AvgIpc) is 2.69. The van der Waals surface area contributed by atoms with Gasteiger partial charge in [0, 0.05) is 38.1 Å². The van der Waals surface area contributed by atoms with Gasteiger partial charge in [-0.15, -0.1) is 0 Å². The lowest BCUT2D eigenvalue weighted by atomic mass is 10.2. The fourth-order valence-electron chi connectivity index (χ4n) is 2.93. The summed E-state index contributed by atoms with van der Waals surface area (Å²) < 4.78 is 5.45. The van der Waals surface area contributed by atoms with E-state index in [1.165, 1.54) is 0 Å². The maximum atomic E-state index is 12.3. The normalized spacial score (nSPS) is 14.3. The molecule has 7 nitrogen and oxygen atoms in total. The van der Waals surface area contributed by atoms with Crippen LogP contribution in [0.4, 0.5) is 17.1 Å². The van der Waals surface area contributed by atoms with Crippen molar-refractivity contribution in [3.63, 3.8) is 0 Å². The highest BCUT2D eigenvalue weighted by atomic mass is 16.5. The molecule has 0 radical (unpaired) electrons. The van der Waals surface area contributed by atoms with Crippen molar-refractivity contribution in [3.05, 3.63) is 48.3 Å². The van der Waals surface area contributed by atoms with Crippen LogP contribution in [0.1, 0.15) is 10.5 Å². The molecular weight excluding hydrogens is 342 g/mol. The fraction of sp³-hybridized carbons (Fsp3) is 0.400. The van der Waals surface area contributed by atoms with E-state index in [1.807, 2.05) is 43.3 Å². The molecule has 0 aliphatic carbocycles. The second-order valence-electron chi connectivity index (χ2n) is 6.73. The lowest BCUT2D eigenvalue weighted by Gasteiger charge is -2.30. The van der Waals surface area contributed by atoms with Crippen molar-refractivity contribution in [2.24, 2.45) is 0 Å². The Morgan fingerprint density at radius 2 is 2.00 bits per heavy atom. The van der Waals surface area contributed by atoms with Crippen LogP contribution in [0.5, 0.6) is 0 Å². The van der Waals surface area contributed by atoms with Crippen molar-refractivity contribution in [2.45, 2.75) is 0 Å². The number of aromatic nitrogens is 1. The second-order valence-corrected chi connectivity index (χ2v) is 6.73. The number of ether oxygens (including phenoxy) is 1. The molecule has 2 aromatic rings. The highest BCUT2D eigenvalue weighted by molar-refractivity contribution is 5.93. The third-order valence-corrected chi connectivity index (χ3v) is 4.37. The van der Waals surface area contributed by atoms with Crippen LogP contribution in [-0.4, -0.2) is 69.3 Å². The van der Waals surface area contributed by atoms with Crippen molar-refractivity contribution in [1.82, 2.24) is 15.2 Å². The maximum Gasteiger partial charge on any atom is 0.269 e. The number of hydrogen-bond acceptors (Lipinski definition) is 6. The van der Waals surface area contributed by atoms with Crippen LogP contribution in [0, 0.1) is 0 Å². The summed E-state index contributed by atoms with van der Waals surface area (Å²) in [4.78, 5) is 20.8. The van der Waals surface area contributed by atoms with Crippen LogP contribution in [0.3, 0.4) is 0 Å². The van der Waals surface area contributed by atoms with Gasteiger partial charge in [-0.25, -0.2) is 0 Å². The molecule has 1 saturated heterocycles. The topological polar surface area (TPSA) is 69.7 Å². The van der Waals surface area contributed by atoms with Crippen LogP contribution in [0.15, 0.2) is 42.6 Å². The molecule has 7 heteroatoms. The SMILES string of the molecule is CN(C)CCNC(=O)c1cc(Nc2ccccc2N2CCOCC2)ccn1. The first kappa shape index (κ1) is 19.1. The molecule has 1 amide bonds. The first-order valence-electron chi connectivity index (χ1n) is 9.21. The number of likely N-dealkylation sites (N-methyl/N-ethyl adjacent to an activating group) is 1. The molecule has 2 heterocycles. The molecule has 0 bridgehead atoms. The molecule has 3 rings (SSSR count). The third kappa shape index (κ3) is 5.42. The first-order chi connectivity index (χ1) is 13.1. The molecule has 2 N–H and O–H groups in total. The number of pyridine rings is 1. The lowest BCUT2D eigenvalue weighted by molar-refractivity contribution is 0.0946. The zero-order valence-electron chi connectivity index (χ0n) is 15.9. The third-order valence-electron chi connectivity index (χ3n) is 4.37.